The van der Waals surface area contributed by atoms with Crippen LogP contribution in [0, 0.1) is 5.92 Å². The zero-order valence-corrected chi connectivity index (χ0v) is 9.49. The lowest BCUT2D eigenvalue weighted by atomic mass is 10.0. The van der Waals surface area contributed by atoms with Crippen LogP contribution in [0.1, 0.15) is 20.8 Å². The van der Waals surface area contributed by atoms with Gasteiger partial charge in [-0.25, -0.2) is 0 Å². The van der Waals surface area contributed by atoms with E-state index in [-0.39, 0.29) is 12.6 Å². The van der Waals surface area contributed by atoms with E-state index in [1.54, 1.807) is 7.11 Å². The molecule has 84 valence electrons. The highest BCUT2D eigenvalue weighted by Gasteiger charge is 2.18. The van der Waals surface area contributed by atoms with Crippen LogP contribution in [0.4, 0.5) is 0 Å². The van der Waals surface area contributed by atoms with Gasteiger partial charge in [0, 0.05) is 19.7 Å². The molecule has 1 unspecified atom stereocenters. The van der Waals surface area contributed by atoms with Crippen molar-refractivity contribution in [2.24, 2.45) is 5.92 Å². The number of hydrogen-bond donors (Lipinski definition) is 1. The van der Waals surface area contributed by atoms with Gasteiger partial charge >= 0.3 is 5.97 Å². The lowest BCUT2D eigenvalue weighted by molar-refractivity contribution is -0.139. The SMILES string of the molecule is COCCN(CC(=O)O)C(C)C(C)C. The minimum absolute atomic E-state index is 0.0860. The number of rotatable bonds is 7. The lowest BCUT2D eigenvalue weighted by Crippen LogP contribution is -2.42. The third kappa shape index (κ3) is 5.19. The van der Waals surface area contributed by atoms with E-state index < -0.39 is 5.97 Å². The number of aliphatic carboxylic acids is 1. The molecule has 1 atom stereocenters. The molecule has 0 bridgehead atoms. The second kappa shape index (κ2) is 6.79. The Morgan fingerprint density at radius 3 is 2.36 bits per heavy atom. The number of methoxy groups -OCH3 is 1. The highest BCUT2D eigenvalue weighted by molar-refractivity contribution is 5.69. The topological polar surface area (TPSA) is 49.8 Å². The van der Waals surface area contributed by atoms with Crippen molar-refractivity contribution in [1.29, 1.82) is 0 Å². The van der Waals surface area contributed by atoms with Crippen molar-refractivity contribution in [2.45, 2.75) is 26.8 Å². The van der Waals surface area contributed by atoms with E-state index in [0.717, 1.165) is 0 Å². The highest BCUT2D eigenvalue weighted by Crippen LogP contribution is 2.09. The van der Waals surface area contributed by atoms with Crippen LogP contribution in [0.2, 0.25) is 0 Å². The van der Waals surface area contributed by atoms with Gasteiger partial charge in [-0.3, -0.25) is 9.69 Å². The molecule has 0 spiro atoms. The summed E-state index contributed by atoms with van der Waals surface area (Å²) in [5, 5.41) is 8.73. The first-order valence-corrected chi connectivity index (χ1v) is 4.93. The molecular formula is C10H21NO3. The normalized spacial score (nSPS) is 13.6. The summed E-state index contributed by atoms with van der Waals surface area (Å²) in [6, 6.07) is 0.265. The van der Waals surface area contributed by atoms with Crippen molar-refractivity contribution in [3.05, 3.63) is 0 Å². The molecule has 0 aliphatic rings. The summed E-state index contributed by atoms with van der Waals surface area (Å²) in [6.07, 6.45) is 0. The monoisotopic (exact) mass is 203 g/mol. The molecule has 0 aromatic rings. The first-order valence-electron chi connectivity index (χ1n) is 4.93. The Hall–Kier alpha value is -0.610. The molecule has 0 aromatic carbocycles. The number of hydrogen-bond acceptors (Lipinski definition) is 3. The van der Waals surface area contributed by atoms with Gasteiger partial charge in [0.2, 0.25) is 0 Å². The Kier molecular flexibility index (Phi) is 6.49. The van der Waals surface area contributed by atoms with Gasteiger partial charge in [-0.2, -0.15) is 0 Å². The Labute approximate surface area is 85.9 Å². The first-order chi connectivity index (χ1) is 6.49. The fourth-order valence-electron chi connectivity index (χ4n) is 1.23. The van der Waals surface area contributed by atoms with Gasteiger partial charge in [-0.1, -0.05) is 13.8 Å². The van der Waals surface area contributed by atoms with Crippen molar-refractivity contribution in [3.63, 3.8) is 0 Å². The molecule has 0 aliphatic carbocycles. The van der Waals surface area contributed by atoms with Gasteiger partial charge in [0.25, 0.3) is 0 Å². The fraction of sp³-hybridized carbons (Fsp3) is 0.900. The predicted molar refractivity (Wildman–Crippen MR) is 55.4 cm³/mol. The number of ether oxygens (including phenoxy) is 1. The molecule has 0 aliphatic heterocycles. The largest absolute Gasteiger partial charge is 0.480 e. The molecule has 0 saturated heterocycles. The van der Waals surface area contributed by atoms with Crippen LogP contribution in [-0.2, 0) is 9.53 Å². The van der Waals surface area contributed by atoms with Crippen molar-refractivity contribution in [2.75, 3.05) is 26.8 Å². The van der Waals surface area contributed by atoms with Gasteiger partial charge in [-0.05, 0) is 12.8 Å². The van der Waals surface area contributed by atoms with Crippen LogP contribution in [0.25, 0.3) is 0 Å². The molecule has 1 N–H and O–H groups in total. The van der Waals surface area contributed by atoms with E-state index in [0.29, 0.717) is 19.1 Å². The number of carboxylic acids is 1. The quantitative estimate of drug-likeness (QED) is 0.672. The highest BCUT2D eigenvalue weighted by atomic mass is 16.5. The molecule has 0 saturated carbocycles. The van der Waals surface area contributed by atoms with Crippen molar-refractivity contribution < 1.29 is 14.6 Å². The zero-order chi connectivity index (χ0) is 11.1. The number of carboxylic acid groups (broad SMARTS) is 1. The Balaban J connectivity index is 4.15. The summed E-state index contributed by atoms with van der Waals surface area (Å²) in [4.78, 5) is 12.5. The van der Waals surface area contributed by atoms with Crippen molar-refractivity contribution in [3.8, 4) is 0 Å². The maximum atomic E-state index is 10.6. The summed E-state index contributed by atoms with van der Waals surface area (Å²) < 4.78 is 4.95. The number of carbonyl (C=O) groups is 1. The molecule has 14 heavy (non-hydrogen) atoms. The molecule has 0 amide bonds. The number of nitrogens with zero attached hydrogens (tertiary/aromatic N) is 1. The standard InChI is InChI=1S/C10H21NO3/c1-8(2)9(3)11(5-6-14-4)7-10(12)13/h8-9H,5-7H2,1-4H3,(H,12,13). The van der Waals surface area contributed by atoms with E-state index in [4.69, 9.17) is 9.84 Å². The van der Waals surface area contributed by atoms with Crippen molar-refractivity contribution >= 4 is 5.97 Å². The van der Waals surface area contributed by atoms with Crippen LogP contribution in [0.3, 0.4) is 0 Å². The van der Waals surface area contributed by atoms with Gasteiger partial charge < -0.3 is 9.84 Å². The summed E-state index contributed by atoms with van der Waals surface area (Å²) in [7, 11) is 1.62. The molecule has 0 rings (SSSR count). The van der Waals surface area contributed by atoms with E-state index in [1.807, 2.05) is 11.8 Å². The Morgan fingerprint density at radius 2 is 2.00 bits per heavy atom. The minimum Gasteiger partial charge on any atom is -0.480 e. The summed E-state index contributed by atoms with van der Waals surface area (Å²) in [6.45, 7) is 7.55. The maximum Gasteiger partial charge on any atom is 0.317 e. The third-order valence-corrected chi connectivity index (χ3v) is 2.46. The van der Waals surface area contributed by atoms with Crippen LogP contribution in [0.5, 0.6) is 0 Å². The van der Waals surface area contributed by atoms with E-state index in [2.05, 4.69) is 13.8 Å². The lowest BCUT2D eigenvalue weighted by Gasteiger charge is -2.29. The third-order valence-electron chi connectivity index (χ3n) is 2.46. The maximum absolute atomic E-state index is 10.6. The molecule has 4 heteroatoms. The van der Waals surface area contributed by atoms with E-state index in [1.165, 1.54) is 0 Å². The summed E-state index contributed by atoms with van der Waals surface area (Å²) >= 11 is 0. The van der Waals surface area contributed by atoms with E-state index >= 15 is 0 Å². The van der Waals surface area contributed by atoms with Crippen LogP contribution in [0.15, 0.2) is 0 Å². The molecule has 0 fully saturated rings. The second-order valence-electron chi connectivity index (χ2n) is 3.84. The fourth-order valence-corrected chi connectivity index (χ4v) is 1.23. The van der Waals surface area contributed by atoms with Gasteiger partial charge in [0.05, 0.1) is 13.2 Å². The van der Waals surface area contributed by atoms with Gasteiger partial charge in [0.1, 0.15) is 0 Å². The first kappa shape index (κ1) is 13.4. The smallest absolute Gasteiger partial charge is 0.317 e. The zero-order valence-electron chi connectivity index (χ0n) is 9.49. The molecule has 0 aromatic heterocycles. The van der Waals surface area contributed by atoms with Crippen LogP contribution >= 0.6 is 0 Å². The average Bonchev–Trinajstić information content (AvgIpc) is 2.10. The molecular weight excluding hydrogens is 182 g/mol. The van der Waals surface area contributed by atoms with E-state index in [9.17, 15) is 4.79 Å². The second-order valence-corrected chi connectivity index (χ2v) is 3.84. The van der Waals surface area contributed by atoms with Crippen LogP contribution < -0.4 is 0 Å². The predicted octanol–water partition coefficient (Wildman–Crippen LogP) is 1.06. The molecule has 0 heterocycles. The Bertz CT molecular complexity index is 171. The molecule has 0 radical (unpaired) electrons. The minimum atomic E-state index is -0.784. The Morgan fingerprint density at radius 1 is 1.43 bits per heavy atom. The molecule has 4 nitrogen and oxygen atoms in total. The van der Waals surface area contributed by atoms with Crippen LogP contribution in [-0.4, -0.2) is 48.8 Å². The van der Waals surface area contributed by atoms with Crippen molar-refractivity contribution in [1.82, 2.24) is 4.90 Å². The summed E-state index contributed by atoms with van der Waals surface area (Å²) in [5.74, 6) is -0.334. The summed E-state index contributed by atoms with van der Waals surface area (Å²) in [5.41, 5.74) is 0. The van der Waals surface area contributed by atoms with Gasteiger partial charge in [0.15, 0.2) is 0 Å². The average molecular weight is 203 g/mol. The van der Waals surface area contributed by atoms with Gasteiger partial charge in [-0.15, -0.1) is 0 Å².